The van der Waals surface area contributed by atoms with Gasteiger partial charge < -0.3 is 15.4 Å². The minimum Gasteiger partial charge on any atom is -0.463 e. The average Bonchev–Trinajstić information content (AvgIpc) is 2.69. The normalized spacial score (nSPS) is 14.0. The molecule has 1 aliphatic heterocycles. The summed E-state index contributed by atoms with van der Waals surface area (Å²) >= 11 is 1.31. The number of carbonyl (C=O) groups excluding carboxylic acids is 2. The van der Waals surface area contributed by atoms with Crippen molar-refractivity contribution in [3.63, 3.8) is 0 Å². The minimum absolute atomic E-state index is 0.0936. The lowest BCUT2D eigenvalue weighted by Gasteiger charge is -2.21. The van der Waals surface area contributed by atoms with E-state index in [2.05, 4.69) is 15.6 Å². The number of nitrogens with one attached hydrogen (secondary N) is 2. The van der Waals surface area contributed by atoms with Crippen LogP contribution in [0.2, 0.25) is 0 Å². The van der Waals surface area contributed by atoms with Gasteiger partial charge in [-0.2, -0.15) is 0 Å². The molecular weight excluding hydrogens is 380 g/mol. The van der Waals surface area contributed by atoms with Gasteiger partial charge in [0.25, 0.3) is 5.56 Å². The number of urea groups is 1. The highest BCUT2D eigenvalue weighted by atomic mass is 32.2. The van der Waals surface area contributed by atoms with Crippen LogP contribution >= 0.6 is 11.8 Å². The second-order valence-corrected chi connectivity index (χ2v) is 7.08. The van der Waals surface area contributed by atoms with E-state index in [-0.39, 0.29) is 30.5 Å². The molecule has 28 heavy (non-hydrogen) atoms. The highest BCUT2D eigenvalue weighted by Gasteiger charge is 2.24. The monoisotopic (exact) mass is 402 g/mol. The van der Waals surface area contributed by atoms with Crippen molar-refractivity contribution < 1.29 is 14.3 Å². The Labute approximate surface area is 166 Å². The molecule has 1 aromatic heterocycles. The predicted molar refractivity (Wildman–Crippen MR) is 107 cm³/mol. The molecule has 0 fully saturated rings. The number of aromatic nitrogens is 2. The largest absolute Gasteiger partial charge is 0.463 e. The van der Waals surface area contributed by atoms with Crippen molar-refractivity contribution >= 4 is 34.7 Å². The van der Waals surface area contributed by atoms with Crippen molar-refractivity contribution in [2.45, 2.75) is 32.0 Å². The van der Waals surface area contributed by atoms with E-state index in [0.29, 0.717) is 33.9 Å². The molecule has 148 valence electrons. The van der Waals surface area contributed by atoms with E-state index in [4.69, 9.17) is 4.74 Å². The summed E-state index contributed by atoms with van der Waals surface area (Å²) in [7, 11) is 0. The molecule has 9 heteroatoms. The Morgan fingerprint density at radius 2 is 2.07 bits per heavy atom. The Kier molecular flexibility index (Phi) is 6.35. The van der Waals surface area contributed by atoms with Crippen molar-refractivity contribution in [2.24, 2.45) is 0 Å². The van der Waals surface area contributed by atoms with Crippen LogP contribution in [0.3, 0.4) is 0 Å². The van der Waals surface area contributed by atoms with Crippen molar-refractivity contribution in [2.75, 3.05) is 18.9 Å². The van der Waals surface area contributed by atoms with Gasteiger partial charge in [-0.25, -0.2) is 14.6 Å². The van der Waals surface area contributed by atoms with Gasteiger partial charge in [0, 0.05) is 18.0 Å². The van der Waals surface area contributed by atoms with Gasteiger partial charge in [0.05, 0.1) is 29.6 Å². The number of esters is 1. The number of hydrogen-bond acceptors (Lipinski definition) is 6. The average molecular weight is 402 g/mol. The Morgan fingerprint density at radius 3 is 2.82 bits per heavy atom. The number of nitrogens with zero attached hydrogens (tertiary/aromatic N) is 2. The third-order valence-corrected chi connectivity index (χ3v) is 5.20. The van der Waals surface area contributed by atoms with Crippen LogP contribution in [0, 0.1) is 0 Å². The van der Waals surface area contributed by atoms with E-state index < -0.39 is 5.97 Å². The molecule has 2 amide bonds. The lowest BCUT2D eigenvalue weighted by atomic mass is 10.2. The lowest BCUT2D eigenvalue weighted by Crippen LogP contribution is -2.44. The first-order valence-corrected chi connectivity index (χ1v) is 10.1. The maximum Gasteiger partial charge on any atom is 0.337 e. The fraction of sp³-hybridized carbons (Fsp3) is 0.368. The summed E-state index contributed by atoms with van der Waals surface area (Å²) < 4.78 is 6.71. The number of carbonyl (C=O) groups is 2. The van der Waals surface area contributed by atoms with Crippen LogP contribution in [0.5, 0.6) is 0 Å². The number of benzene rings is 1. The standard InChI is InChI=1S/C19H22N4O4S/c1-3-9-23-16(24)12-7-5-6-8-14(12)22-19(23)28-11-15-13(17(25)27-4-2)10-20-18(26)21-15/h5-8H,3-4,9-11H2,1-2H3,(H2,20,21,26). The third kappa shape index (κ3) is 4.19. The summed E-state index contributed by atoms with van der Waals surface area (Å²) in [5.41, 5.74) is 1.37. The van der Waals surface area contributed by atoms with Crippen molar-refractivity contribution in [1.82, 2.24) is 20.2 Å². The van der Waals surface area contributed by atoms with Gasteiger partial charge in [-0.05, 0) is 25.5 Å². The Balaban J connectivity index is 1.95. The van der Waals surface area contributed by atoms with Crippen LogP contribution in [0.4, 0.5) is 4.79 Å². The second kappa shape index (κ2) is 8.92. The van der Waals surface area contributed by atoms with Crippen LogP contribution < -0.4 is 16.2 Å². The van der Waals surface area contributed by atoms with Gasteiger partial charge in [-0.3, -0.25) is 9.36 Å². The Hall–Kier alpha value is -2.81. The molecule has 2 N–H and O–H groups in total. The smallest absolute Gasteiger partial charge is 0.337 e. The maximum atomic E-state index is 12.8. The van der Waals surface area contributed by atoms with Gasteiger partial charge in [0.1, 0.15) is 0 Å². The number of ether oxygens (including phenoxy) is 1. The molecule has 0 aliphatic carbocycles. The van der Waals surface area contributed by atoms with Gasteiger partial charge in [0.2, 0.25) is 0 Å². The fourth-order valence-electron chi connectivity index (χ4n) is 2.88. The highest BCUT2D eigenvalue weighted by molar-refractivity contribution is 7.99. The van der Waals surface area contributed by atoms with Crippen LogP contribution in [0.25, 0.3) is 10.9 Å². The number of hydrogen-bond donors (Lipinski definition) is 2. The van der Waals surface area contributed by atoms with E-state index >= 15 is 0 Å². The Morgan fingerprint density at radius 1 is 1.29 bits per heavy atom. The van der Waals surface area contributed by atoms with E-state index in [1.165, 1.54) is 11.8 Å². The molecule has 2 heterocycles. The van der Waals surface area contributed by atoms with Crippen molar-refractivity contribution in [3.8, 4) is 0 Å². The summed E-state index contributed by atoms with van der Waals surface area (Å²) in [5.74, 6) is -0.182. The number of thioether (sulfide) groups is 1. The van der Waals surface area contributed by atoms with Crippen molar-refractivity contribution in [1.29, 1.82) is 0 Å². The van der Waals surface area contributed by atoms with E-state index in [1.807, 2.05) is 19.1 Å². The number of fused-ring (bicyclic) bond motifs is 1. The molecule has 1 aliphatic rings. The van der Waals surface area contributed by atoms with Crippen LogP contribution in [-0.2, 0) is 16.1 Å². The van der Waals surface area contributed by atoms with Gasteiger partial charge in [-0.15, -0.1) is 0 Å². The predicted octanol–water partition coefficient (Wildman–Crippen LogP) is 2.03. The van der Waals surface area contributed by atoms with Crippen LogP contribution in [0.15, 0.2) is 45.5 Å². The fourth-order valence-corrected chi connectivity index (χ4v) is 3.90. The summed E-state index contributed by atoms with van der Waals surface area (Å²) in [6, 6.07) is 6.84. The molecule has 0 saturated heterocycles. The maximum absolute atomic E-state index is 12.8. The van der Waals surface area contributed by atoms with Crippen LogP contribution in [0.1, 0.15) is 20.3 Å². The number of para-hydroxylation sites is 1. The molecule has 0 saturated carbocycles. The third-order valence-electron chi connectivity index (χ3n) is 4.20. The zero-order valence-corrected chi connectivity index (χ0v) is 16.6. The molecule has 0 unspecified atom stereocenters. The van der Waals surface area contributed by atoms with E-state index in [9.17, 15) is 14.4 Å². The first kappa shape index (κ1) is 19.9. The number of amides is 2. The first-order chi connectivity index (χ1) is 13.5. The molecule has 2 aromatic rings. The van der Waals surface area contributed by atoms with Gasteiger partial charge in [0.15, 0.2) is 5.16 Å². The van der Waals surface area contributed by atoms with Crippen LogP contribution in [-0.4, -0.2) is 40.5 Å². The Bertz CT molecular complexity index is 999. The second-order valence-electron chi connectivity index (χ2n) is 6.14. The zero-order valence-electron chi connectivity index (χ0n) is 15.8. The SMILES string of the molecule is CCCn1c(SCC2=C(C(=O)OCC)CNC(=O)N2)nc2ccccc2c1=O. The summed E-state index contributed by atoms with van der Waals surface area (Å²) in [5, 5.41) is 6.37. The van der Waals surface area contributed by atoms with Gasteiger partial charge >= 0.3 is 12.0 Å². The molecule has 0 atom stereocenters. The molecular formula is C19H22N4O4S. The first-order valence-electron chi connectivity index (χ1n) is 9.11. The van der Waals surface area contributed by atoms with E-state index in [0.717, 1.165) is 6.42 Å². The van der Waals surface area contributed by atoms with Crippen molar-refractivity contribution in [3.05, 3.63) is 45.9 Å². The molecule has 8 nitrogen and oxygen atoms in total. The van der Waals surface area contributed by atoms with E-state index in [1.54, 1.807) is 23.6 Å². The molecule has 0 radical (unpaired) electrons. The summed E-state index contributed by atoms with van der Waals surface area (Å²) in [4.78, 5) is 41.4. The summed E-state index contributed by atoms with van der Waals surface area (Å²) in [6.07, 6.45) is 0.783. The minimum atomic E-state index is -0.469. The van der Waals surface area contributed by atoms with Gasteiger partial charge in [-0.1, -0.05) is 30.8 Å². The molecule has 0 bridgehead atoms. The highest BCUT2D eigenvalue weighted by Crippen LogP contribution is 2.22. The molecule has 3 rings (SSSR count). The molecule has 1 aromatic carbocycles. The lowest BCUT2D eigenvalue weighted by molar-refractivity contribution is -0.138. The quantitative estimate of drug-likeness (QED) is 0.417. The topological polar surface area (TPSA) is 102 Å². The zero-order chi connectivity index (χ0) is 20.1. The summed E-state index contributed by atoms with van der Waals surface area (Å²) in [6.45, 7) is 4.61. The number of rotatable bonds is 7. The molecule has 0 spiro atoms.